The molecule has 2 aromatic carbocycles. The molecule has 1 unspecified atom stereocenters. The van der Waals surface area contributed by atoms with Crippen molar-refractivity contribution in [3.63, 3.8) is 0 Å². The van der Waals surface area contributed by atoms with Crippen LogP contribution in [0.15, 0.2) is 42.5 Å². The first-order valence-corrected chi connectivity index (χ1v) is 12.1. The number of amides is 1. The molecular weight excluding hydrogens is 414 g/mol. The Morgan fingerprint density at radius 1 is 1.10 bits per heavy atom. The van der Waals surface area contributed by atoms with E-state index in [1.165, 1.54) is 0 Å². The van der Waals surface area contributed by atoms with Gasteiger partial charge in [-0.2, -0.15) is 5.26 Å². The summed E-state index contributed by atoms with van der Waals surface area (Å²) in [4.78, 5) is 12.6. The van der Waals surface area contributed by atoms with Crippen LogP contribution >= 0.6 is 0 Å². The number of nitrogens with one attached hydrogen (secondary N) is 1. The number of sulfone groups is 1. The van der Waals surface area contributed by atoms with Crippen LogP contribution in [0.4, 0.5) is 0 Å². The van der Waals surface area contributed by atoms with Gasteiger partial charge in [-0.1, -0.05) is 36.4 Å². The molecule has 31 heavy (non-hydrogen) atoms. The lowest BCUT2D eigenvalue weighted by molar-refractivity contribution is -0.130. The maximum Gasteiger partial charge on any atom is 0.241 e. The molecule has 0 aliphatic carbocycles. The van der Waals surface area contributed by atoms with Crippen molar-refractivity contribution in [2.45, 2.75) is 42.3 Å². The van der Waals surface area contributed by atoms with E-state index in [9.17, 15) is 18.5 Å². The van der Waals surface area contributed by atoms with Crippen molar-refractivity contribution in [2.75, 3.05) is 13.2 Å². The Hall–Kier alpha value is -2.73. The summed E-state index contributed by atoms with van der Waals surface area (Å²) in [5.41, 5.74) is 9.78. The Labute approximate surface area is 182 Å². The van der Waals surface area contributed by atoms with E-state index >= 15 is 0 Å². The minimum Gasteiger partial charge on any atom is -0.381 e. The van der Waals surface area contributed by atoms with Crippen LogP contribution in [0.25, 0.3) is 11.1 Å². The maximum absolute atomic E-state index is 12.6. The van der Waals surface area contributed by atoms with Crippen molar-refractivity contribution < 1.29 is 17.9 Å². The van der Waals surface area contributed by atoms with Gasteiger partial charge in [0.2, 0.25) is 5.91 Å². The summed E-state index contributed by atoms with van der Waals surface area (Å²) < 4.78 is 28.9. The van der Waals surface area contributed by atoms with Crippen LogP contribution in [0.1, 0.15) is 29.5 Å². The predicted octanol–water partition coefficient (Wildman–Crippen LogP) is 1.84. The van der Waals surface area contributed by atoms with Gasteiger partial charge in [0.25, 0.3) is 0 Å². The summed E-state index contributed by atoms with van der Waals surface area (Å²) in [6.45, 7) is 0.883. The Kier molecular flexibility index (Phi) is 5.84. The zero-order chi connectivity index (χ0) is 22.1. The van der Waals surface area contributed by atoms with Crippen molar-refractivity contribution in [1.82, 2.24) is 5.32 Å². The van der Waals surface area contributed by atoms with Crippen molar-refractivity contribution in [3.05, 3.63) is 59.2 Å². The van der Waals surface area contributed by atoms with E-state index in [4.69, 9.17) is 10.5 Å². The summed E-state index contributed by atoms with van der Waals surface area (Å²) >= 11 is 0. The van der Waals surface area contributed by atoms with Crippen LogP contribution in [0.5, 0.6) is 0 Å². The minimum absolute atomic E-state index is 0.0898. The van der Waals surface area contributed by atoms with Gasteiger partial charge in [0.15, 0.2) is 9.84 Å². The third-order valence-electron chi connectivity index (χ3n) is 5.98. The first-order chi connectivity index (χ1) is 14.8. The number of hydrogen-bond donors (Lipinski definition) is 2. The number of nitriles is 1. The second-order valence-corrected chi connectivity index (χ2v) is 10.4. The molecule has 7 nitrogen and oxygen atoms in total. The number of carbonyl (C=O) groups is 1. The molecule has 1 saturated heterocycles. The molecule has 1 fully saturated rings. The zero-order valence-corrected chi connectivity index (χ0v) is 18.0. The zero-order valence-electron chi connectivity index (χ0n) is 17.1. The molecule has 0 saturated carbocycles. The third kappa shape index (κ3) is 4.79. The highest BCUT2D eigenvalue weighted by molar-refractivity contribution is 7.90. The summed E-state index contributed by atoms with van der Waals surface area (Å²) in [5.74, 6) is -0.112. The van der Waals surface area contributed by atoms with Gasteiger partial charge >= 0.3 is 0 Å². The van der Waals surface area contributed by atoms with Crippen LogP contribution in [-0.2, 0) is 37.3 Å². The van der Waals surface area contributed by atoms with Crippen molar-refractivity contribution >= 4 is 15.7 Å². The number of nitrogens with two attached hydrogens (primary N) is 1. The van der Waals surface area contributed by atoms with Gasteiger partial charge in [-0.25, -0.2) is 8.42 Å². The van der Waals surface area contributed by atoms with E-state index < -0.39 is 21.4 Å². The minimum atomic E-state index is -3.03. The molecule has 0 radical (unpaired) electrons. The normalized spacial score (nSPS) is 19.7. The molecular formula is C23H25N3O4S. The lowest BCUT2D eigenvalue weighted by Gasteiger charge is -2.32. The molecule has 2 heterocycles. The fraction of sp³-hybridized carbons (Fsp3) is 0.391. The van der Waals surface area contributed by atoms with Crippen molar-refractivity contribution in [2.24, 2.45) is 5.73 Å². The smallest absolute Gasteiger partial charge is 0.241 e. The molecule has 2 aliphatic rings. The number of fused-ring (bicyclic) bond motifs is 1. The second kappa shape index (κ2) is 8.42. The van der Waals surface area contributed by atoms with Gasteiger partial charge in [-0.05, 0) is 46.7 Å². The van der Waals surface area contributed by atoms with Crippen LogP contribution < -0.4 is 11.1 Å². The first-order valence-electron chi connectivity index (χ1n) is 10.3. The van der Waals surface area contributed by atoms with Gasteiger partial charge in [-0.3, -0.25) is 4.79 Å². The van der Waals surface area contributed by atoms with Gasteiger partial charge in [0.1, 0.15) is 6.04 Å². The van der Waals surface area contributed by atoms with Crippen molar-refractivity contribution in [1.29, 1.82) is 5.26 Å². The number of nitrogens with zero attached hydrogens (tertiary/aromatic N) is 1. The second-order valence-electron chi connectivity index (χ2n) is 8.34. The molecule has 8 heteroatoms. The highest BCUT2D eigenvalue weighted by atomic mass is 32.2. The van der Waals surface area contributed by atoms with Gasteiger partial charge in [-0.15, -0.1) is 0 Å². The fourth-order valence-corrected chi connectivity index (χ4v) is 5.67. The summed E-state index contributed by atoms with van der Waals surface area (Å²) in [7, 11) is -3.03. The standard InChI is InChI=1S/C23H25N3O4S/c24-13-21(26-22(27)23(25)7-9-30-10-8-23)11-16-1-3-17(4-2-16)18-5-6-19-14-31(28,29)15-20(19)12-18/h1-6,12,21H,7-11,14-15,25H2,(H,26,27). The maximum atomic E-state index is 12.6. The molecule has 1 atom stereocenters. The first kappa shape index (κ1) is 21.5. The van der Waals surface area contributed by atoms with E-state index in [1.807, 2.05) is 42.5 Å². The molecule has 0 bridgehead atoms. The summed E-state index contributed by atoms with van der Waals surface area (Å²) in [6.07, 6.45) is 1.25. The molecule has 3 N–H and O–H groups in total. The Morgan fingerprint density at radius 3 is 2.42 bits per heavy atom. The lowest BCUT2D eigenvalue weighted by atomic mass is 9.90. The number of hydrogen-bond acceptors (Lipinski definition) is 6. The largest absolute Gasteiger partial charge is 0.381 e. The van der Waals surface area contributed by atoms with Crippen LogP contribution in [-0.4, -0.2) is 39.1 Å². The molecule has 162 valence electrons. The molecule has 2 aliphatic heterocycles. The molecule has 1 amide bonds. The lowest BCUT2D eigenvalue weighted by Crippen LogP contribution is -2.58. The highest BCUT2D eigenvalue weighted by Crippen LogP contribution is 2.30. The highest BCUT2D eigenvalue weighted by Gasteiger charge is 2.36. The fourth-order valence-electron chi connectivity index (χ4n) is 4.07. The number of rotatable bonds is 5. The third-order valence-corrected chi connectivity index (χ3v) is 7.48. The Morgan fingerprint density at radius 2 is 1.74 bits per heavy atom. The monoisotopic (exact) mass is 439 g/mol. The van der Waals surface area contributed by atoms with E-state index in [0.717, 1.165) is 27.8 Å². The topological polar surface area (TPSA) is 122 Å². The number of ether oxygens (including phenoxy) is 1. The van der Waals surface area contributed by atoms with Crippen molar-refractivity contribution in [3.8, 4) is 17.2 Å². The van der Waals surface area contributed by atoms with Gasteiger partial charge < -0.3 is 15.8 Å². The Bertz CT molecular complexity index is 1130. The molecule has 2 aromatic rings. The van der Waals surface area contributed by atoms with E-state index in [0.29, 0.717) is 32.5 Å². The van der Waals surface area contributed by atoms with Crippen LogP contribution in [0.3, 0.4) is 0 Å². The quantitative estimate of drug-likeness (QED) is 0.733. The summed E-state index contributed by atoms with van der Waals surface area (Å²) in [6, 6.07) is 14.9. The van der Waals surface area contributed by atoms with E-state index in [2.05, 4.69) is 11.4 Å². The SMILES string of the molecule is N#CC(Cc1ccc(-c2ccc3c(c2)CS(=O)(=O)C3)cc1)NC(=O)C1(N)CCOCC1. The van der Waals surface area contributed by atoms with Crippen LogP contribution in [0, 0.1) is 11.3 Å². The van der Waals surface area contributed by atoms with E-state index in [-0.39, 0.29) is 17.4 Å². The number of carbonyl (C=O) groups excluding carboxylic acids is 1. The van der Waals surface area contributed by atoms with Crippen LogP contribution in [0.2, 0.25) is 0 Å². The average molecular weight is 440 g/mol. The Balaban J connectivity index is 1.42. The predicted molar refractivity (Wildman–Crippen MR) is 116 cm³/mol. The number of benzene rings is 2. The average Bonchev–Trinajstić information content (AvgIpc) is 3.07. The van der Waals surface area contributed by atoms with E-state index in [1.54, 1.807) is 0 Å². The molecule has 0 spiro atoms. The molecule has 0 aromatic heterocycles. The molecule has 4 rings (SSSR count). The van der Waals surface area contributed by atoms with Gasteiger partial charge in [0, 0.05) is 19.6 Å². The summed E-state index contributed by atoms with van der Waals surface area (Å²) in [5, 5.41) is 12.3. The van der Waals surface area contributed by atoms with Gasteiger partial charge in [0.05, 0.1) is 23.1 Å².